The molecule has 1 spiro atoms. The Balaban J connectivity index is 1.17. The average Bonchev–Trinajstić information content (AvgIpc) is 3.40. The third kappa shape index (κ3) is 3.66. The van der Waals surface area contributed by atoms with Gasteiger partial charge in [0.25, 0.3) is 0 Å². The van der Waals surface area contributed by atoms with Crippen LogP contribution in [0.25, 0.3) is 10.9 Å². The first-order valence-electron chi connectivity index (χ1n) is 13.5. The zero-order valence-electron chi connectivity index (χ0n) is 20.9. The highest BCUT2D eigenvalue weighted by Gasteiger charge is 2.48. The summed E-state index contributed by atoms with van der Waals surface area (Å²) in [4.78, 5) is 20.9. The van der Waals surface area contributed by atoms with Crippen molar-refractivity contribution in [1.29, 1.82) is 0 Å². The summed E-state index contributed by atoms with van der Waals surface area (Å²) in [6.45, 7) is 4.78. The molecule has 0 radical (unpaired) electrons. The number of rotatable bonds is 5. The number of nitrogens with one attached hydrogen (secondary N) is 1. The number of aromatic amines is 1. The smallest absolute Gasteiger partial charge is 0.124 e. The van der Waals surface area contributed by atoms with E-state index in [4.69, 9.17) is 4.98 Å². The number of alkyl halides is 1. The summed E-state index contributed by atoms with van der Waals surface area (Å²) in [5.74, 6) is 0.261. The number of carbonyl (C=O) groups excluding carboxylic acids is 1. The number of halogens is 1. The van der Waals surface area contributed by atoms with Gasteiger partial charge in [-0.15, -0.1) is 0 Å². The predicted octanol–water partition coefficient (Wildman–Crippen LogP) is 4.99. The van der Waals surface area contributed by atoms with Crippen LogP contribution in [-0.4, -0.2) is 57.7 Å². The van der Waals surface area contributed by atoms with Crippen LogP contribution in [0.1, 0.15) is 68.3 Å². The van der Waals surface area contributed by atoms with Gasteiger partial charge >= 0.3 is 0 Å². The van der Waals surface area contributed by atoms with Gasteiger partial charge in [0.1, 0.15) is 12.0 Å². The van der Waals surface area contributed by atoms with Gasteiger partial charge in [-0.2, -0.15) is 5.10 Å². The van der Waals surface area contributed by atoms with E-state index in [9.17, 15) is 4.79 Å². The molecule has 7 heteroatoms. The quantitative estimate of drug-likeness (QED) is 0.514. The van der Waals surface area contributed by atoms with Crippen molar-refractivity contribution < 1.29 is 9.18 Å². The lowest BCUT2D eigenvalue weighted by atomic mass is 9.66. The van der Waals surface area contributed by atoms with Crippen LogP contribution in [0.15, 0.2) is 36.7 Å². The van der Waals surface area contributed by atoms with Crippen LogP contribution in [-0.2, 0) is 11.2 Å². The number of anilines is 1. The Morgan fingerprint density at radius 2 is 1.92 bits per heavy atom. The highest BCUT2D eigenvalue weighted by atomic mass is 19.1. The Kier molecular flexibility index (Phi) is 5.04. The number of fused-ring (bicyclic) bond motifs is 3. The van der Waals surface area contributed by atoms with Crippen molar-refractivity contribution >= 4 is 22.9 Å². The molecular formula is C29H34FN5O. The molecule has 2 atom stereocenters. The molecule has 6 nitrogen and oxygen atoms in total. The van der Waals surface area contributed by atoms with E-state index in [2.05, 4.69) is 51.2 Å². The number of aldehydes is 1. The molecule has 3 aromatic rings. The molecular weight excluding hydrogens is 453 g/mol. The van der Waals surface area contributed by atoms with Crippen molar-refractivity contribution in [2.24, 2.45) is 11.3 Å². The number of benzene rings is 1. The molecule has 2 aromatic heterocycles. The molecule has 188 valence electrons. The molecule has 1 saturated heterocycles. The second-order valence-electron chi connectivity index (χ2n) is 12.0. The van der Waals surface area contributed by atoms with Crippen LogP contribution in [0.3, 0.4) is 0 Å². The molecule has 1 N–H and O–H groups in total. The van der Waals surface area contributed by atoms with Crippen molar-refractivity contribution in [3.63, 3.8) is 0 Å². The fourth-order valence-corrected chi connectivity index (χ4v) is 7.02. The fourth-order valence-electron chi connectivity index (χ4n) is 7.02. The third-order valence-corrected chi connectivity index (χ3v) is 9.47. The first kappa shape index (κ1) is 22.4. The lowest BCUT2D eigenvalue weighted by Gasteiger charge is -2.54. The van der Waals surface area contributed by atoms with Gasteiger partial charge in [-0.3, -0.25) is 15.0 Å². The predicted molar refractivity (Wildman–Crippen MR) is 138 cm³/mol. The highest BCUT2D eigenvalue weighted by Crippen LogP contribution is 2.48. The molecule has 36 heavy (non-hydrogen) atoms. The van der Waals surface area contributed by atoms with Gasteiger partial charge in [-0.05, 0) is 81.2 Å². The van der Waals surface area contributed by atoms with E-state index in [-0.39, 0.29) is 18.0 Å². The van der Waals surface area contributed by atoms with E-state index in [0.717, 1.165) is 73.8 Å². The molecule has 1 aromatic carbocycles. The summed E-state index contributed by atoms with van der Waals surface area (Å²) < 4.78 is 15.1. The van der Waals surface area contributed by atoms with Crippen molar-refractivity contribution in [3.05, 3.63) is 53.5 Å². The lowest BCUT2D eigenvalue weighted by molar-refractivity contribution is -0.112. The molecule has 2 saturated carbocycles. The van der Waals surface area contributed by atoms with Crippen LogP contribution in [0.4, 0.5) is 10.1 Å². The van der Waals surface area contributed by atoms with Crippen molar-refractivity contribution in [1.82, 2.24) is 20.1 Å². The first-order chi connectivity index (χ1) is 17.5. The minimum atomic E-state index is -1.06. The van der Waals surface area contributed by atoms with Crippen LogP contribution in [0.5, 0.6) is 0 Å². The van der Waals surface area contributed by atoms with Crippen LogP contribution < -0.4 is 4.90 Å². The lowest BCUT2D eigenvalue weighted by Crippen LogP contribution is -2.57. The highest BCUT2D eigenvalue weighted by molar-refractivity contribution is 5.83. The third-order valence-electron chi connectivity index (χ3n) is 9.47. The van der Waals surface area contributed by atoms with E-state index in [1.165, 1.54) is 11.1 Å². The molecule has 1 unspecified atom stereocenters. The molecule has 2 aliphatic carbocycles. The van der Waals surface area contributed by atoms with Crippen molar-refractivity contribution in [3.8, 4) is 0 Å². The number of hydrogen-bond acceptors (Lipinski definition) is 5. The molecule has 4 aliphatic rings. The zero-order chi connectivity index (χ0) is 24.5. The first-order valence-corrected chi connectivity index (χ1v) is 13.5. The zero-order valence-corrected chi connectivity index (χ0v) is 20.9. The SMILES string of the molecule is C[C@@H]1Cc2c(ccc3[nH]ncc23)C(c2ccc(N3CC4(CCC(C=O)CC4)C3)cn2)N1CC1(F)CC1. The largest absolute Gasteiger partial charge is 0.369 e. The van der Waals surface area contributed by atoms with E-state index in [1.54, 1.807) is 0 Å². The Bertz CT molecular complexity index is 1280. The topological polar surface area (TPSA) is 65.1 Å². The van der Waals surface area contributed by atoms with E-state index in [0.29, 0.717) is 24.8 Å². The maximum Gasteiger partial charge on any atom is 0.124 e. The normalized spacial score (nSPS) is 27.1. The van der Waals surface area contributed by atoms with Gasteiger partial charge in [0, 0.05) is 42.4 Å². The molecule has 2 aliphatic heterocycles. The maximum absolute atomic E-state index is 15.1. The second kappa shape index (κ2) is 8.10. The Hall–Kier alpha value is -2.80. The minimum absolute atomic E-state index is 0.0633. The maximum atomic E-state index is 15.1. The van der Waals surface area contributed by atoms with E-state index in [1.807, 2.05) is 12.4 Å². The Morgan fingerprint density at radius 1 is 1.11 bits per heavy atom. The van der Waals surface area contributed by atoms with Crippen LogP contribution in [0, 0.1) is 11.3 Å². The minimum Gasteiger partial charge on any atom is -0.369 e. The molecule has 0 bridgehead atoms. The number of carbonyl (C=O) groups is 1. The van der Waals surface area contributed by atoms with Gasteiger partial charge < -0.3 is 9.69 Å². The fraction of sp³-hybridized carbons (Fsp3) is 0.552. The van der Waals surface area contributed by atoms with Gasteiger partial charge in [-0.25, -0.2) is 4.39 Å². The summed E-state index contributed by atoms with van der Waals surface area (Å²) in [7, 11) is 0. The number of hydrogen-bond donors (Lipinski definition) is 1. The molecule has 3 fully saturated rings. The standard InChI is InChI=1S/C29H34FN5O/c1-19-12-23-22(3-5-25-24(23)14-32-33-25)27(35(19)18-29(30)10-11-29)26-4-2-21(13-31-26)34-16-28(17-34)8-6-20(15-36)7-9-28/h2-5,13-15,19-20,27H,6-12,16-18H2,1H3,(H,32,33)/t19-,27?/m1/s1. The second-order valence-corrected chi connectivity index (χ2v) is 12.0. The van der Waals surface area contributed by atoms with Gasteiger partial charge in [0.05, 0.1) is 35.3 Å². The van der Waals surface area contributed by atoms with Crippen LogP contribution >= 0.6 is 0 Å². The van der Waals surface area contributed by atoms with Gasteiger partial charge in [0.2, 0.25) is 0 Å². The van der Waals surface area contributed by atoms with Crippen LogP contribution in [0.2, 0.25) is 0 Å². The molecule has 0 amide bonds. The average molecular weight is 488 g/mol. The van der Waals surface area contributed by atoms with Gasteiger partial charge in [0.15, 0.2) is 0 Å². The molecule has 4 heterocycles. The number of H-pyrrole nitrogens is 1. The Labute approximate surface area is 211 Å². The summed E-state index contributed by atoms with van der Waals surface area (Å²) in [6, 6.07) is 8.78. The summed E-state index contributed by atoms with van der Waals surface area (Å²) in [6.07, 6.45) is 11.6. The number of aromatic nitrogens is 3. The van der Waals surface area contributed by atoms with E-state index < -0.39 is 5.67 Å². The van der Waals surface area contributed by atoms with Gasteiger partial charge in [-0.1, -0.05) is 6.07 Å². The molecule has 7 rings (SSSR count). The Morgan fingerprint density at radius 3 is 2.61 bits per heavy atom. The van der Waals surface area contributed by atoms with Crippen molar-refractivity contribution in [2.45, 2.75) is 69.6 Å². The summed E-state index contributed by atoms with van der Waals surface area (Å²) in [5.41, 5.74) is 5.05. The van der Waals surface area contributed by atoms with E-state index >= 15 is 4.39 Å². The summed E-state index contributed by atoms with van der Waals surface area (Å²) >= 11 is 0. The monoisotopic (exact) mass is 487 g/mol. The van der Waals surface area contributed by atoms with Crippen molar-refractivity contribution in [2.75, 3.05) is 24.5 Å². The summed E-state index contributed by atoms with van der Waals surface area (Å²) in [5, 5.41) is 8.54. The number of pyridine rings is 1. The number of nitrogens with zero attached hydrogens (tertiary/aromatic N) is 4.